The van der Waals surface area contributed by atoms with E-state index in [0.29, 0.717) is 25.2 Å². The van der Waals surface area contributed by atoms with E-state index in [0.717, 1.165) is 18.7 Å². The van der Waals surface area contributed by atoms with Crippen molar-refractivity contribution in [1.82, 2.24) is 9.80 Å². The summed E-state index contributed by atoms with van der Waals surface area (Å²) in [7, 11) is 0. The molecular weight excluding hydrogens is 262 g/mol. The van der Waals surface area contributed by atoms with Gasteiger partial charge in [-0.05, 0) is 23.8 Å². The van der Waals surface area contributed by atoms with Gasteiger partial charge < -0.3 is 4.90 Å². The van der Waals surface area contributed by atoms with Crippen LogP contribution < -0.4 is 0 Å². The van der Waals surface area contributed by atoms with Gasteiger partial charge in [0, 0.05) is 32.3 Å². The van der Waals surface area contributed by atoms with E-state index < -0.39 is 0 Å². The largest absolute Gasteiger partial charge is 0.337 e. The summed E-state index contributed by atoms with van der Waals surface area (Å²) in [5.41, 5.74) is 1.45. The van der Waals surface area contributed by atoms with E-state index in [1.165, 1.54) is 0 Å². The standard InChI is InChI=1S/C17H17N3O/c1-2-8-19-9-11-20(12-10-19)17(21)7-6-15-4-3-5-16(13-15)14-18/h1,3-7,13H,8-12H2. The normalized spacial score (nSPS) is 15.6. The Labute approximate surface area is 125 Å². The van der Waals surface area contributed by atoms with E-state index in [4.69, 9.17) is 11.7 Å². The molecule has 4 heteroatoms. The van der Waals surface area contributed by atoms with E-state index in [1.807, 2.05) is 11.0 Å². The Morgan fingerprint density at radius 1 is 1.33 bits per heavy atom. The number of amides is 1. The lowest BCUT2D eigenvalue weighted by Gasteiger charge is -2.33. The summed E-state index contributed by atoms with van der Waals surface area (Å²) in [5.74, 6) is 2.62. The minimum absolute atomic E-state index is 0.00211. The maximum absolute atomic E-state index is 12.1. The highest BCUT2D eigenvalue weighted by Gasteiger charge is 2.18. The van der Waals surface area contributed by atoms with Gasteiger partial charge in [-0.15, -0.1) is 6.42 Å². The summed E-state index contributed by atoms with van der Waals surface area (Å²) in [6, 6.07) is 9.26. The first kappa shape index (κ1) is 14.8. The maximum atomic E-state index is 12.1. The zero-order valence-corrected chi connectivity index (χ0v) is 11.8. The van der Waals surface area contributed by atoms with E-state index in [1.54, 1.807) is 30.4 Å². The van der Waals surface area contributed by atoms with Crippen molar-refractivity contribution in [2.24, 2.45) is 0 Å². The molecule has 1 aliphatic rings. The fourth-order valence-electron chi connectivity index (χ4n) is 2.24. The number of terminal acetylenes is 1. The fraction of sp³-hybridized carbons (Fsp3) is 0.294. The second-order valence-electron chi connectivity index (χ2n) is 4.88. The molecule has 0 radical (unpaired) electrons. The molecule has 1 heterocycles. The highest BCUT2D eigenvalue weighted by atomic mass is 16.2. The van der Waals surface area contributed by atoms with Crippen molar-refractivity contribution in [3.8, 4) is 18.4 Å². The Balaban J connectivity index is 1.91. The van der Waals surface area contributed by atoms with E-state index in [-0.39, 0.29) is 5.91 Å². The summed E-state index contributed by atoms with van der Waals surface area (Å²) in [4.78, 5) is 16.1. The molecule has 0 saturated carbocycles. The number of benzene rings is 1. The second kappa shape index (κ2) is 7.28. The molecule has 1 aromatic carbocycles. The zero-order chi connectivity index (χ0) is 15.1. The molecule has 1 amide bonds. The lowest BCUT2D eigenvalue weighted by molar-refractivity contribution is -0.127. The van der Waals surface area contributed by atoms with E-state index in [9.17, 15) is 4.79 Å². The molecule has 0 spiro atoms. The van der Waals surface area contributed by atoms with Gasteiger partial charge in [0.15, 0.2) is 0 Å². The Kier molecular flexibility index (Phi) is 5.15. The number of nitrogens with zero attached hydrogens (tertiary/aromatic N) is 3. The lowest BCUT2D eigenvalue weighted by atomic mass is 10.1. The third kappa shape index (κ3) is 4.21. The van der Waals surface area contributed by atoms with Crippen LogP contribution in [0.4, 0.5) is 0 Å². The molecule has 1 aromatic rings. The van der Waals surface area contributed by atoms with E-state index >= 15 is 0 Å². The molecule has 1 saturated heterocycles. The van der Waals surface area contributed by atoms with Crippen molar-refractivity contribution in [3.05, 3.63) is 41.5 Å². The third-order valence-electron chi connectivity index (χ3n) is 3.43. The van der Waals surface area contributed by atoms with Crippen molar-refractivity contribution in [2.75, 3.05) is 32.7 Å². The van der Waals surface area contributed by atoms with Gasteiger partial charge in [0.1, 0.15) is 0 Å². The van der Waals surface area contributed by atoms with Crippen molar-refractivity contribution in [3.63, 3.8) is 0 Å². The number of hydrogen-bond donors (Lipinski definition) is 0. The number of carbonyl (C=O) groups excluding carboxylic acids is 1. The third-order valence-corrected chi connectivity index (χ3v) is 3.43. The average molecular weight is 279 g/mol. The average Bonchev–Trinajstić information content (AvgIpc) is 2.54. The number of rotatable bonds is 3. The summed E-state index contributed by atoms with van der Waals surface area (Å²) in [5, 5.41) is 8.84. The van der Waals surface area contributed by atoms with Crippen LogP contribution in [0.25, 0.3) is 6.08 Å². The summed E-state index contributed by atoms with van der Waals surface area (Å²) in [6.45, 7) is 3.66. The van der Waals surface area contributed by atoms with Gasteiger partial charge in [-0.25, -0.2) is 0 Å². The number of hydrogen-bond acceptors (Lipinski definition) is 3. The smallest absolute Gasteiger partial charge is 0.246 e. The fourth-order valence-corrected chi connectivity index (χ4v) is 2.24. The van der Waals surface area contributed by atoms with Crippen LogP contribution >= 0.6 is 0 Å². The molecule has 0 bridgehead atoms. The molecule has 0 unspecified atom stereocenters. The van der Waals surface area contributed by atoms with Crippen molar-refractivity contribution < 1.29 is 4.79 Å². The van der Waals surface area contributed by atoms with Crippen LogP contribution in [-0.2, 0) is 4.79 Å². The van der Waals surface area contributed by atoms with Crippen molar-refractivity contribution >= 4 is 12.0 Å². The number of piperazine rings is 1. The Morgan fingerprint density at radius 3 is 2.76 bits per heavy atom. The molecule has 4 nitrogen and oxygen atoms in total. The molecule has 21 heavy (non-hydrogen) atoms. The van der Waals surface area contributed by atoms with Gasteiger partial charge in [-0.1, -0.05) is 18.1 Å². The molecule has 0 atom stereocenters. The Hall–Kier alpha value is -2.56. The lowest BCUT2D eigenvalue weighted by Crippen LogP contribution is -2.48. The van der Waals surface area contributed by atoms with Gasteiger partial charge in [0.2, 0.25) is 5.91 Å². The molecule has 0 aliphatic carbocycles. The van der Waals surface area contributed by atoms with Crippen LogP contribution in [0.1, 0.15) is 11.1 Å². The molecule has 2 rings (SSSR count). The summed E-state index contributed by atoms with van der Waals surface area (Å²) < 4.78 is 0. The van der Waals surface area contributed by atoms with Gasteiger partial charge in [0.25, 0.3) is 0 Å². The van der Waals surface area contributed by atoms with Crippen molar-refractivity contribution in [1.29, 1.82) is 5.26 Å². The van der Waals surface area contributed by atoms with Crippen LogP contribution in [0.2, 0.25) is 0 Å². The number of carbonyl (C=O) groups is 1. The maximum Gasteiger partial charge on any atom is 0.246 e. The van der Waals surface area contributed by atoms with Crippen LogP contribution in [0, 0.1) is 23.7 Å². The minimum Gasteiger partial charge on any atom is -0.337 e. The van der Waals surface area contributed by atoms with Crippen LogP contribution in [0.15, 0.2) is 30.3 Å². The first-order valence-corrected chi connectivity index (χ1v) is 6.86. The highest BCUT2D eigenvalue weighted by molar-refractivity contribution is 5.91. The molecule has 0 aromatic heterocycles. The molecule has 106 valence electrons. The molecule has 0 N–H and O–H groups in total. The monoisotopic (exact) mass is 279 g/mol. The quantitative estimate of drug-likeness (QED) is 0.620. The van der Waals surface area contributed by atoms with Gasteiger partial charge in [0.05, 0.1) is 18.2 Å². The summed E-state index contributed by atoms with van der Waals surface area (Å²) in [6.07, 6.45) is 8.59. The predicted molar refractivity (Wildman–Crippen MR) is 82.0 cm³/mol. The van der Waals surface area contributed by atoms with Gasteiger partial charge in [-0.3, -0.25) is 9.69 Å². The van der Waals surface area contributed by atoms with E-state index in [2.05, 4.69) is 16.9 Å². The SMILES string of the molecule is C#CCN1CCN(C(=O)C=Cc2cccc(C#N)c2)CC1. The zero-order valence-electron chi connectivity index (χ0n) is 11.8. The highest BCUT2D eigenvalue weighted by Crippen LogP contribution is 2.08. The van der Waals surface area contributed by atoms with Crippen LogP contribution in [0.3, 0.4) is 0 Å². The molecule has 1 fully saturated rings. The van der Waals surface area contributed by atoms with Crippen LogP contribution in [-0.4, -0.2) is 48.4 Å². The summed E-state index contributed by atoms with van der Waals surface area (Å²) >= 11 is 0. The topological polar surface area (TPSA) is 47.3 Å². The minimum atomic E-state index is -0.00211. The predicted octanol–water partition coefficient (Wildman–Crippen LogP) is 1.35. The first-order valence-electron chi connectivity index (χ1n) is 6.86. The van der Waals surface area contributed by atoms with Gasteiger partial charge >= 0.3 is 0 Å². The van der Waals surface area contributed by atoms with Crippen molar-refractivity contribution in [2.45, 2.75) is 0 Å². The molecule has 1 aliphatic heterocycles. The number of nitriles is 1. The van der Waals surface area contributed by atoms with Crippen LogP contribution in [0.5, 0.6) is 0 Å². The Bertz CT molecular complexity index is 614. The first-order chi connectivity index (χ1) is 10.2. The molecular formula is C17H17N3O. The van der Waals surface area contributed by atoms with Gasteiger partial charge in [-0.2, -0.15) is 5.26 Å². The Morgan fingerprint density at radius 2 is 2.10 bits per heavy atom. The second-order valence-corrected chi connectivity index (χ2v) is 4.88.